The molecule has 0 atom stereocenters. The molecule has 168 valence electrons. The number of amides is 1. The zero-order valence-corrected chi connectivity index (χ0v) is 18.9. The van der Waals surface area contributed by atoms with Crippen molar-refractivity contribution in [3.8, 4) is 17.2 Å². The van der Waals surface area contributed by atoms with Crippen LogP contribution in [0.3, 0.4) is 0 Å². The van der Waals surface area contributed by atoms with E-state index in [1.165, 1.54) is 10.5 Å². The van der Waals surface area contributed by atoms with Crippen LogP contribution >= 0.6 is 0 Å². The number of rotatable bonds is 10. The van der Waals surface area contributed by atoms with E-state index in [4.69, 9.17) is 14.2 Å². The normalized spacial score (nSPS) is 10.9. The van der Waals surface area contributed by atoms with Crippen LogP contribution in [-0.2, 0) is 17.8 Å². The number of nitrogens with zero attached hydrogens (tertiary/aromatic N) is 2. The van der Waals surface area contributed by atoms with E-state index in [9.17, 15) is 4.79 Å². The largest absolute Gasteiger partial charge is 0.497 e. The number of guanidine groups is 1. The number of benzene rings is 2. The first-order chi connectivity index (χ1) is 15.0. The first kappa shape index (κ1) is 23.9. The SMILES string of the molecule is COc1ccc(CCNC(=NCc2ccc(OC)c(OC)c2)NCC(=O)N(C)C)cc1. The predicted octanol–water partition coefficient (Wildman–Crippen LogP) is 2.08. The van der Waals surface area contributed by atoms with Gasteiger partial charge in [0.2, 0.25) is 5.91 Å². The van der Waals surface area contributed by atoms with E-state index in [2.05, 4.69) is 15.6 Å². The molecule has 0 spiro atoms. The average molecular weight is 429 g/mol. The average Bonchev–Trinajstić information content (AvgIpc) is 2.80. The van der Waals surface area contributed by atoms with E-state index in [0.29, 0.717) is 30.5 Å². The third-order valence-corrected chi connectivity index (χ3v) is 4.64. The van der Waals surface area contributed by atoms with E-state index in [1.807, 2.05) is 42.5 Å². The maximum Gasteiger partial charge on any atom is 0.241 e. The van der Waals surface area contributed by atoms with Crippen LogP contribution in [0.4, 0.5) is 0 Å². The highest BCUT2D eigenvalue weighted by Gasteiger charge is 2.08. The van der Waals surface area contributed by atoms with E-state index < -0.39 is 0 Å². The standard InChI is InChI=1S/C23H32N4O4/c1-27(2)22(28)16-26-23(24-13-12-17-6-9-19(29-3)10-7-17)25-15-18-8-11-20(30-4)21(14-18)31-5/h6-11,14H,12-13,15-16H2,1-5H3,(H2,24,25,26). The molecule has 0 fully saturated rings. The quantitative estimate of drug-likeness (QED) is 0.445. The highest BCUT2D eigenvalue weighted by Crippen LogP contribution is 2.27. The minimum absolute atomic E-state index is 0.0317. The number of likely N-dealkylation sites (N-methyl/N-ethyl adjacent to an activating group) is 1. The Morgan fingerprint density at radius 2 is 1.58 bits per heavy atom. The molecule has 2 aromatic carbocycles. The smallest absolute Gasteiger partial charge is 0.241 e. The summed E-state index contributed by atoms with van der Waals surface area (Å²) in [6, 6.07) is 13.6. The molecule has 0 unspecified atom stereocenters. The third kappa shape index (κ3) is 7.73. The Labute approximate surface area is 184 Å². The van der Waals surface area contributed by atoms with E-state index in [1.54, 1.807) is 35.4 Å². The van der Waals surface area contributed by atoms with Crippen LogP contribution in [-0.4, -0.2) is 65.3 Å². The molecule has 2 rings (SSSR count). The predicted molar refractivity (Wildman–Crippen MR) is 122 cm³/mol. The van der Waals surface area contributed by atoms with Gasteiger partial charge in [0.1, 0.15) is 5.75 Å². The van der Waals surface area contributed by atoms with Crippen molar-refractivity contribution in [2.24, 2.45) is 4.99 Å². The number of ether oxygens (including phenoxy) is 3. The van der Waals surface area contributed by atoms with Crippen LogP contribution in [0.5, 0.6) is 17.2 Å². The van der Waals surface area contributed by atoms with E-state index >= 15 is 0 Å². The van der Waals surface area contributed by atoms with Gasteiger partial charge in [0.25, 0.3) is 0 Å². The van der Waals surface area contributed by atoms with E-state index in [-0.39, 0.29) is 12.5 Å². The number of hydrogen-bond donors (Lipinski definition) is 2. The molecule has 0 aliphatic heterocycles. The highest BCUT2D eigenvalue weighted by molar-refractivity contribution is 5.86. The topological polar surface area (TPSA) is 84.4 Å². The van der Waals surface area contributed by atoms with Crippen LogP contribution in [0.1, 0.15) is 11.1 Å². The second kappa shape index (κ2) is 12.3. The molecule has 0 saturated carbocycles. The molecule has 0 bridgehead atoms. The molecule has 31 heavy (non-hydrogen) atoms. The van der Waals surface area contributed by atoms with Gasteiger partial charge in [0.15, 0.2) is 17.5 Å². The fourth-order valence-electron chi connectivity index (χ4n) is 2.76. The van der Waals surface area contributed by atoms with Gasteiger partial charge in [-0.25, -0.2) is 4.99 Å². The lowest BCUT2D eigenvalue weighted by Crippen LogP contribution is -2.43. The second-order valence-electron chi connectivity index (χ2n) is 7.02. The van der Waals surface area contributed by atoms with Gasteiger partial charge in [-0.1, -0.05) is 18.2 Å². The van der Waals surface area contributed by atoms with Crippen molar-refractivity contribution in [1.29, 1.82) is 0 Å². The van der Waals surface area contributed by atoms with Gasteiger partial charge >= 0.3 is 0 Å². The monoisotopic (exact) mass is 428 g/mol. The van der Waals surface area contributed by atoms with Gasteiger partial charge in [0, 0.05) is 20.6 Å². The zero-order chi connectivity index (χ0) is 22.6. The van der Waals surface area contributed by atoms with Crippen molar-refractivity contribution in [3.63, 3.8) is 0 Å². The second-order valence-corrected chi connectivity index (χ2v) is 7.02. The lowest BCUT2D eigenvalue weighted by Gasteiger charge is -2.15. The van der Waals surface area contributed by atoms with Gasteiger partial charge in [-0.3, -0.25) is 4.79 Å². The summed E-state index contributed by atoms with van der Waals surface area (Å²) in [7, 11) is 8.30. The summed E-state index contributed by atoms with van der Waals surface area (Å²) >= 11 is 0. The molecule has 0 heterocycles. The molecule has 8 heteroatoms. The van der Waals surface area contributed by atoms with Gasteiger partial charge in [-0.05, 0) is 41.8 Å². The van der Waals surface area contributed by atoms with Crippen molar-refractivity contribution >= 4 is 11.9 Å². The van der Waals surface area contributed by atoms with Crippen molar-refractivity contribution in [2.45, 2.75) is 13.0 Å². The number of methoxy groups -OCH3 is 3. The molecule has 0 radical (unpaired) electrons. The van der Waals surface area contributed by atoms with Crippen molar-refractivity contribution < 1.29 is 19.0 Å². The van der Waals surface area contributed by atoms with Crippen LogP contribution in [0.2, 0.25) is 0 Å². The summed E-state index contributed by atoms with van der Waals surface area (Å²) < 4.78 is 15.8. The zero-order valence-electron chi connectivity index (χ0n) is 18.9. The van der Waals surface area contributed by atoms with Gasteiger partial charge in [-0.2, -0.15) is 0 Å². The number of nitrogens with one attached hydrogen (secondary N) is 2. The Kier molecular flexibility index (Phi) is 9.48. The lowest BCUT2D eigenvalue weighted by molar-refractivity contribution is -0.127. The molecule has 1 amide bonds. The fourth-order valence-corrected chi connectivity index (χ4v) is 2.76. The molecule has 0 aromatic heterocycles. The van der Waals surface area contributed by atoms with Gasteiger partial charge < -0.3 is 29.7 Å². The van der Waals surface area contributed by atoms with Crippen molar-refractivity contribution in [2.75, 3.05) is 48.5 Å². The summed E-state index contributed by atoms with van der Waals surface area (Å²) in [4.78, 5) is 18.1. The molecule has 2 N–H and O–H groups in total. The Bertz CT molecular complexity index is 866. The molecule has 2 aromatic rings. The van der Waals surface area contributed by atoms with E-state index in [0.717, 1.165) is 17.7 Å². The summed E-state index contributed by atoms with van der Waals surface area (Å²) in [6.07, 6.45) is 0.808. The van der Waals surface area contributed by atoms with Crippen LogP contribution in [0, 0.1) is 0 Å². The van der Waals surface area contributed by atoms with Crippen LogP contribution in [0.25, 0.3) is 0 Å². The van der Waals surface area contributed by atoms with Crippen molar-refractivity contribution in [1.82, 2.24) is 15.5 Å². The highest BCUT2D eigenvalue weighted by atomic mass is 16.5. The molecular formula is C23H32N4O4. The molecule has 0 aliphatic rings. The Morgan fingerprint density at radius 1 is 0.903 bits per heavy atom. The molecule has 0 saturated heterocycles. The summed E-state index contributed by atoms with van der Waals surface area (Å²) in [6.45, 7) is 1.25. The summed E-state index contributed by atoms with van der Waals surface area (Å²) in [5, 5.41) is 6.39. The fraction of sp³-hybridized carbons (Fsp3) is 0.391. The number of carbonyl (C=O) groups is 1. The number of hydrogen-bond acceptors (Lipinski definition) is 5. The third-order valence-electron chi connectivity index (χ3n) is 4.64. The molecule has 0 aliphatic carbocycles. The number of carbonyl (C=O) groups excluding carboxylic acids is 1. The van der Waals surface area contributed by atoms with Gasteiger partial charge in [-0.15, -0.1) is 0 Å². The Hall–Kier alpha value is -3.42. The van der Waals surface area contributed by atoms with Crippen LogP contribution < -0.4 is 24.8 Å². The van der Waals surface area contributed by atoms with Crippen LogP contribution in [0.15, 0.2) is 47.5 Å². The minimum Gasteiger partial charge on any atom is -0.497 e. The Morgan fingerprint density at radius 3 is 2.19 bits per heavy atom. The molecule has 8 nitrogen and oxygen atoms in total. The first-order valence-electron chi connectivity index (χ1n) is 10.0. The lowest BCUT2D eigenvalue weighted by atomic mass is 10.1. The maximum atomic E-state index is 12.0. The summed E-state index contributed by atoms with van der Waals surface area (Å²) in [5.41, 5.74) is 2.14. The van der Waals surface area contributed by atoms with Crippen molar-refractivity contribution in [3.05, 3.63) is 53.6 Å². The Balaban J connectivity index is 2.03. The molecular weight excluding hydrogens is 396 g/mol. The number of aliphatic imine (C=N–C) groups is 1. The minimum atomic E-state index is -0.0317. The van der Waals surface area contributed by atoms with Gasteiger partial charge in [0.05, 0.1) is 34.4 Å². The summed E-state index contributed by atoms with van der Waals surface area (Å²) in [5.74, 6) is 2.69. The first-order valence-corrected chi connectivity index (χ1v) is 10.0. The maximum absolute atomic E-state index is 12.0.